The van der Waals surface area contributed by atoms with Gasteiger partial charge in [-0.05, 0) is 48.5 Å². The highest BCUT2D eigenvalue weighted by Gasteiger charge is 2.50. The summed E-state index contributed by atoms with van der Waals surface area (Å²) < 4.78 is 110. The fourth-order valence-electron chi connectivity index (χ4n) is 11.0. The van der Waals surface area contributed by atoms with E-state index in [1.807, 2.05) is 27.7 Å². The SMILES string of the molecule is CO[C@@H]1C[C@H](O[C@H]2[C@@H](O)C[C@H](O[C@H]3[C@@H](O)C[C@H](O[C@H]4[C@H](C)O[C@H](O[C@H]5[C@H](C)O[C@@H](O[C@H]6[C@H](C)O[C@@H](O[C@H]7[C@H](C)OC(O)C[C@H]7OC)C[C@H]6OC)C[C@H]5OC)C[C@H]4OC)O[C@@H]3C)O[C@@H]2C)O[C@H](C)[C@H]1O. The zero-order valence-corrected chi connectivity index (χ0v) is 42.3. The molecule has 402 valence electrons. The zero-order chi connectivity index (χ0) is 49.8. The summed E-state index contributed by atoms with van der Waals surface area (Å²) in [5, 5.41) is 42.9. The van der Waals surface area contributed by atoms with Crippen molar-refractivity contribution in [3.8, 4) is 0 Å². The molecule has 28 atom stereocenters. The Balaban J connectivity index is 0.861. The van der Waals surface area contributed by atoms with Gasteiger partial charge in [0, 0.05) is 80.5 Å². The highest BCUT2D eigenvalue weighted by atomic mass is 16.8. The standard InChI is InChI=1S/C47H82O22/c1-20-41(51)29(52-8)16-37(58-20)65-43-22(3)59-35(13-27(43)48)64-42-21(2)60-36(14-28(42)49)66-45-24(5)61-39(17-31(45)54-10)68-47-26(7)63-40(19-33(47)56-12)69-46-25(6)62-38(18-32(46)55-11)67-44-23(4)57-34(50)15-30(44)53-9/h20-51H,13-19H2,1-12H3/t20-,21-,22-,23+,24+,25+,26+,27+,28+,29-,30-,31-,32-,33-,34?,35+,36+,37+,38+,39-,40+,41-,42-,43-,44+,45+,46+,47+/m1/s1. The fourth-order valence-corrected chi connectivity index (χ4v) is 11.0. The van der Waals surface area contributed by atoms with E-state index in [2.05, 4.69) is 0 Å². The third-order valence-corrected chi connectivity index (χ3v) is 14.8. The molecule has 4 N–H and O–H groups in total. The molecule has 1 unspecified atom stereocenters. The maximum atomic E-state index is 11.4. The zero-order valence-electron chi connectivity index (χ0n) is 42.3. The molecule has 0 aromatic carbocycles. The van der Waals surface area contributed by atoms with Crippen molar-refractivity contribution >= 4 is 0 Å². The lowest BCUT2D eigenvalue weighted by Crippen LogP contribution is -2.58. The van der Waals surface area contributed by atoms with Crippen LogP contribution in [0.1, 0.15) is 93.4 Å². The van der Waals surface area contributed by atoms with Gasteiger partial charge >= 0.3 is 0 Å². The Labute approximate surface area is 406 Å². The maximum absolute atomic E-state index is 11.4. The van der Waals surface area contributed by atoms with E-state index in [1.165, 1.54) is 7.11 Å². The molecule has 7 rings (SSSR count). The van der Waals surface area contributed by atoms with Gasteiger partial charge in [0.1, 0.15) is 42.7 Å². The van der Waals surface area contributed by atoms with Gasteiger partial charge in [-0.15, -0.1) is 0 Å². The van der Waals surface area contributed by atoms with Crippen LogP contribution in [-0.2, 0) is 85.3 Å². The largest absolute Gasteiger partial charge is 0.390 e. The van der Waals surface area contributed by atoms with E-state index in [9.17, 15) is 20.4 Å². The number of aliphatic hydroxyl groups excluding tert-OH is 4. The second-order valence-corrected chi connectivity index (χ2v) is 19.7. The summed E-state index contributed by atoms with van der Waals surface area (Å²) >= 11 is 0. The molecule has 0 aromatic rings. The molecule has 0 bridgehead atoms. The van der Waals surface area contributed by atoms with E-state index in [-0.39, 0.29) is 31.5 Å². The van der Waals surface area contributed by atoms with Crippen molar-refractivity contribution in [3.05, 3.63) is 0 Å². The average molecular weight is 999 g/mol. The monoisotopic (exact) mass is 999 g/mol. The van der Waals surface area contributed by atoms with Crippen molar-refractivity contribution < 1.29 is 106 Å². The van der Waals surface area contributed by atoms with Gasteiger partial charge in [-0.2, -0.15) is 0 Å². The summed E-state index contributed by atoms with van der Waals surface area (Å²) in [6, 6.07) is 0. The summed E-state index contributed by atoms with van der Waals surface area (Å²) in [5.74, 6) is 0. The van der Waals surface area contributed by atoms with Crippen molar-refractivity contribution in [2.24, 2.45) is 0 Å². The first kappa shape index (κ1) is 55.9. The van der Waals surface area contributed by atoms with Gasteiger partial charge in [0.15, 0.2) is 44.0 Å². The summed E-state index contributed by atoms with van der Waals surface area (Å²) in [5.41, 5.74) is 0. The minimum Gasteiger partial charge on any atom is -0.390 e. The molecule has 0 spiro atoms. The lowest BCUT2D eigenvalue weighted by Gasteiger charge is -2.47. The van der Waals surface area contributed by atoms with Crippen LogP contribution in [0.5, 0.6) is 0 Å². The summed E-state index contributed by atoms with van der Waals surface area (Å²) in [6.45, 7) is 12.8. The Kier molecular flexibility index (Phi) is 20.3. The van der Waals surface area contributed by atoms with Crippen LogP contribution >= 0.6 is 0 Å². The molecule has 7 fully saturated rings. The molecule has 0 saturated carbocycles. The molecule has 7 saturated heterocycles. The van der Waals surface area contributed by atoms with Crippen LogP contribution in [0, 0.1) is 0 Å². The van der Waals surface area contributed by atoms with Crippen molar-refractivity contribution in [2.45, 2.75) is 266 Å². The van der Waals surface area contributed by atoms with Gasteiger partial charge in [0.25, 0.3) is 0 Å². The molecule has 22 heteroatoms. The Morgan fingerprint density at radius 1 is 0.290 bits per heavy atom. The predicted octanol–water partition coefficient (Wildman–Crippen LogP) is 1.39. The van der Waals surface area contributed by atoms with E-state index in [1.54, 1.807) is 49.2 Å². The smallest absolute Gasteiger partial charge is 0.161 e. The van der Waals surface area contributed by atoms with E-state index in [4.69, 9.17) is 85.3 Å². The normalized spacial score (nSPS) is 51.3. The van der Waals surface area contributed by atoms with Crippen LogP contribution in [0.3, 0.4) is 0 Å². The molecule has 69 heavy (non-hydrogen) atoms. The van der Waals surface area contributed by atoms with Gasteiger partial charge in [-0.1, -0.05) is 0 Å². The lowest BCUT2D eigenvalue weighted by atomic mass is 9.98. The molecule has 7 heterocycles. The minimum atomic E-state index is -0.978. The van der Waals surface area contributed by atoms with Crippen LogP contribution in [-0.4, -0.2) is 228 Å². The molecule has 0 aromatic heterocycles. The Morgan fingerprint density at radius 2 is 0.536 bits per heavy atom. The van der Waals surface area contributed by atoms with Crippen LogP contribution < -0.4 is 0 Å². The molecule has 0 radical (unpaired) electrons. The van der Waals surface area contributed by atoms with Crippen molar-refractivity contribution in [1.82, 2.24) is 0 Å². The summed E-state index contributed by atoms with van der Waals surface area (Å²) in [7, 11) is 7.97. The Bertz CT molecular complexity index is 1510. The Morgan fingerprint density at radius 3 is 0.855 bits per heavy atom. The van der Waals surface area contributed by atoms with Gasteiger partial charge < -0.3 is 106 Å². The van der Waals surface area contributed by atoms with Gasteiger partial charge in [-0.3, -0.25) is 0 Å². The topological polar surface area (TPSA) is 247 Å². The molecule has 0 amide bonds. The van der Waals surface area contributed by atoms with E-state index >= 15 is 0 Å². The highest BCUT2D eigenvalue weighted by molar-refractivity contribution is 4.93. The fraction of sp³-hybridized carbons (Fsp3) is 1.00. The number of hydrogen-bond acceptors (Lipinski definition) is 22. The summed E-state index contributed by atoms with van der Waals surface area (Å²) in [4.78, 5) is 0. The van der Waals surface area contributed by atoms with E-state index < -0.39 is 160 Å². The number of rotatable bonds is 17. The first-order chi connectivity index (χ1) is 32.9. The van der Waals surface area contributed by atoms with Crippen molar-refractivity contribution in [2.75, 3.05) is 35.5 Å². The van der Waals surface area contributed by atoms with Crippen LogP contribution in [0.15, 0.2) is 0 Å². The number of methoxy groups -OCH3 is 5. The van der Waals surface area contributed by atoms with Crippen molar-refractivity contribution in [3.63, 3.8) is 0 Å². The lowest BCUT2D eigenvalue weighted by molar-refractivity contribution is -0.355. The number of aliphatic hydroxyl groups is 4. The third-order valence-electron chi connectivity index (χ3n) is 14.8. The van der Waals surface area contributed by atoms with E-state index in [0.717, 1.165) is 0 Å². The third kappa shape index (κ3) is 13.5. The second kappa shape index (κ2) is 25.1. The van der Waals surface area contributed by atoms with Gasteiger partial charge in [-0.25, -0.2) is 0 Å². The highest BCUT2D eigenvalue weighted by Crippen LogP contribution is 2.38. The van der Waals surface area contributed by atoms with E-state index in [0.29, 0.717) is 25.7 Å². The van der Waals surface area contributed by atoms with Crippen LogP contribution in [0.25, 0.3) is 0 Å². The van der Waals surface area contributed by atoms with Crippen LogP contribution in [0.2, 0.25) is 0 Å². The molecule has 7 aliphatic heterocycles. The maximum Gasteiger partial charge on any atom is 0.161 e. The summed E-state index contributed by atoms with van der Waals surface area (Å²) in [6.07, 6.45) is -15.1. The van der Waals surface area contributed by atoms with Crippen LogP contribution in [0.4, 0.5) is 0 Å². The van der Waals surface area contributed by atoms with Crippen molar-refractivity contribution in [1.29, 1.82) is 0 Å². The quantitative estimate of drug-likeness (QED) is 0.161. The molecule has 7 aliphatic rings. The second-order valence-electron chi connectivity index (χ2n) is 19.7. The Hall–Kier alpha value is -0.880. The van der Waals surface area contributed by atoms with Gasteiger partial charge in [0.2, 0.25) is 0 Å². The molecular formula is C47H82O22. The first-order valence-electron chi connectivity index (χ1n) is 24.8. The average Bonchev–Trinajstić information content (AvgIpc) is 3.30. The molecule has 22 nitrogen and oxygen atoms in total. The number of hydrogen-bond donors (Lipinski definition) is 4. The van der Waals surface area contributed by atoms with Gasteiger partial charge in [0.05, 0.1) is 85.5 Å². The predicted molar refractivity (Wildman–Crippen MR) is 236 cm³/mol. The first-order valence-corrected chi connectivity index (χ1v) is 24.8. The minimum absolute atomic E-state index is 0.0901. The molecular weight excluding hydrogens is 916 g/mol. The number of ether oxygens (including phenoxy) is 18. The molecule has 0 aliphatic carbocycles.